The van der Waals surface area contributed by atoms with Crippen molar-refractivity contribution in [3.05, 3.63) is 89.5 Å². The number of benzene rings is 2. The van der Waals surface area contributed by atoms with Crippen LogP contribution in [0.1, 0.15) is 49.5 Å². The first-order chi connectivity index (χ1) is 22.1. The zero-order valence-electron chi connectivity index (χ0n) is 26.6. The zero-order chi connectivity index (χ0) is 32.7. The molecule has 2 N–H and O–H groups in total. The Labute approximate surface area is 269 Å². The first-order valence-corrected chi connectivity index (χ1v) is 16.0. The zero-order valence-corrected chi connectivity index (χ0v) is 26.6. The van der Waals surface area contributed by atoms with E-state index in [0.717, 1.165) is 11.1 Å². The molecule has 6 rings (SSSR count). The Morgan fingerprint density at radius 3 is 2.41 bits per heavy atom. The highest BCUT2D eigenvalue weighted by Crippen LogP contribution is 2.56. The summed E-state index contributed by atoms with van der Waals surface area (Å²) in [5.41, 5.74) is 1.73. The molecule has 1 spiro atoms. The molecule has 242 valence electrons. The third-order valence-electron chi connectivity index (χ3n) is 9.74. The van der Waals surface area contributed by atoms with Crippen molar-refractivity contribution in [1.29, 1.82) is 0 Å². The van der Waals surface area contributed by atoms with Crippen LogP contribution in [0, 0.1) is 25.7 Å². The molecule has 0 saturated carbocycles. The average molecular weight is 628 g/mol. The third kappa shape index (κ3) is 5.23. The molecule has 2 aromatic carbocycles. The molecule has 4 heterocycles. The Morgan fingerprint density at radius 1 is 1.00 bits per heavy atom. The van der Waals surface area contributed by atoms with Crippen LogP contribution in [-0.2, 0) is 28.7 Å². The molecule has 8 atom stereocenters. The van der Waals surface area contributed by atoms with Gasteiger partial charge in [0.05, 0.1) is 30.7 Å². The number of fused-ring (bicyclic) bond motifs is 2. The van der Waals surface area contributed by atoms with Crippen LogP contribution in [0.3, 0.4) is 0 Å². The fourth-order valence-electron chi connectivity index (χ4n) is 7.61. The predicted octanol–water partition coefficient (Wildman–Crippen LogP) is 3.31. The Bertz CT molecular complexity index is 1570. The molecule has 10 nitrogen and oxygen atoms in total. The average Bonchev–Trinajstić information content (AvgIpc) is 3.69. The van der Waals surface area contributed by atoms with Crippen molar-refractivity contribution in [2.24, 2.45) is 11.8 Å². The van der Waals surface area contributed by atoms with Crippen LogP contribution < -0.4 is 10.2 Å². The van der Waals surface area contributed by atoms with Crippen molar-refractivity contribution in [2.45, 2.75) is 76.5 Å². The summed E-state index contributed by atoms with van der Waals surface area (Å²) >= 11 is 0. The molecule has 0 radical (unpaired) electrons. The normalized spacial score (nSPS) is 32.7. The minimum atomic E-state index is -1.43. The second-order valence-electron chi connectivity index (χ2n) is 12.8. The van der Waals surface area contributed by atoms with Gasteiger partial charge in [-0.05, 0) is 50.8 Å². The van der Waals surface area contributed by atoms with E-state index >= 15 is 0 Å². The Hall–Kier alpha value is -4.28. The lowest BCUT2D eigenvalue weighted by atomic mass is 9.74. The highest BCUT2D eigenvalue weighted by Gasteiger charge is 2.74. The van der Waals surface area contributed by atoms with Gasteiger partial charge in [0.25, 0.3) is 5.91 Å². The van der Waals surface area contributed by atoms with Gasteiger partial charge in [-0.25, -0.2) is 0 Å². The van der Waals surface area contributed by atoms with Gasteiger partial charge in [-0.1, -0.05) is 72.8 Å². The highest BCUT2D eigenvalue weighted by molar-refractivity contribution is 6.06. The number of carbonyl (C=O) groups is 4. The number of ether oxygens (including phenoxy) is 2. The summed E-state index contributed by atoms with van der Waals surface area (Å²) in [5, 5.41) is 13.3. The standard InChI is InChI=1S/C36H41N3O7/c1-21-12-11-13-22(2)30(21)38-19-10-6-9-16-27(41)37-24(4)31(25-14-7-5-8-15-25)45-35(44)28-26-17-18-36(46-26)29(28)33(42)39(23(3)20-40)32(36)34(38)43/h5-8,10-15,17-18,23-24,26,28-29,31-32,40H,9,16,19-20H2,1-4H3,(H,37,41)/b10-6-/t23-,24+,26-,28+,29+,31-,32-,36+/m1/s1. The molecule has 5 bridgehead atoms. The number of rotatable bonds is 4. The summed E-state index contributed by atoms with van der Waals surface area (Å²) in [7, 11) is 0. The molecule has 10 heteroatoms. The maximum absolute atomic E-state index is 14.9. The summed E-state index contributed by atoms with van der Waals surface area (Å²) < 4.78 is 12.7. The molecule has 0 aromatic heterocycles. The fraction of sp³-hybridized carbons (Fsp3) is 0.444. The van der Waals surface area contributed by atoms with E-state index in [1.54, 1.807) is 30.9 Å². The summed E-state index contributed by atoms with van der Waals surface area (Å²) in [6, 6.07) is 12.5. The number of nitrogens with zero attached hydrogens (tertiary/aromatic N) is 2. The van der Waals surface area contributed by atoms with Gasteiger partial charge in [-0.15, -0.1) is 0 Å². The number of amides is 3. The van der Waals surface area contributed by atoms with Gasteiger partial charge in [0.2, 0.25) is 11.8 Å². The smallest absolute Gasteiger partial charge is 0.313 e. The molecule has 46 heavy (non-hydrogen) atoms. The maximum atomic E-state index is 14.9. The number of para-hydroxylation sites is 1. The van der Waals surface area contributed by atoms with Gasteiger partial charge in [0.15, 0.2) is 0 Å². The monoisotopic (exact) mass is 627 g/mol. The maximum Gasteiger partial charge on any atom is 0.313 e. The highest BCUT2D eigenvalue weighted by atomic mass is 16.6. The quantitative estimate of drug-likeness (QED) is 0.394. The van der Waals surface area contributed by atoms with Crippen LogP contribution >= 0.6 is 0 Å². The number of nitrogens with one attached hydrogen (secondary N) is 1. The van der Waals surface area contributed by atoms with Gasteiger partial charge < -0.3 is 29.7 Å². The molecule has 4 aliphatic heterocycles. The number of hydrogen-bond acceptors (Lipinski definition) is 7. The molecule has 2 aromatic rings. The molecule has 4 aliphatic rings. The lowest BCUT2D eigenvalue weighted by Gasteiger charge is -2.38. The number of aliphatic hydroxyl groups is 1. The van der Waals surface area contributed by atoms with Crippen molar-refractivity contribution >= 4 is 29.4 Å². The number of anilines is 1. The van der Waals surface area contributed by atoms with Crippen molar-refractivity contribution < 1.29 is 33.8 Å². The minimum absolute atomic E-state index is 0.185. The van der Waals surface area contributed by atoms with E-state index in [0.29, 0.717) is 17.7 Å². The summed E-state index contributed by atoms with van der Waals surface area (Å²) in [6.07, 6.45) is 6.24. The van der Waals surface area contributed by atoms with Crippen molar-refractivity contribution in [1.82, 2.24) is 10.2 Å². The van der Waals surface area contributed by atoms with Gasteiger partial charge in [-0.2, -0.15) is 0 Å². The van der Waals surface area contributed by atoms with Crippen LogP contribution in [0.5, 0.6) is 0 Å². The predicted molar refractivity (Wildman–Crippen MR) is 170 cm³/mol. The Morgan fingerprint density at radius 2 is 1.72 bits per heavy atom. The number of aryl methyl sites for hydroxylation is 2. The molecule has 2 saturated heterocycles. The third-order valence-corrected chi connectivity index (χ3v) is 9.74. The topological polar surface area (TPSA) is 125 Å². The van der Waals surface area contributed by atoms with E-state index in [2.05, 4.69) is 5.32 Å². The SMILES string of the molecule is Cc1cccc(C)c1N1C/C=C\CCC(=O)N[C@@H](C)[C@H](c2ccccc2)OC(=O)[C@@H]2[C@H]3C(=O)N([C@H](C)CO)[C@H](C1=O)[C@]31C=C[C@H]2O1. The van der Waals surface area contributed by atoms with Crippen molar-refractivity contribution in [3.63, 3.8) is 0 Å². The van der Waals surface area contributed by atoms with Crippen LogP contribution in [0.2, 0.25) is 0 Å². The Balaban J connectivity index is 1.48. The van der Waals surface area contributed by atoms with Crippen LogP contribution in [0.25, 0.3) is 0 Å². The van der Waals surface area contributed by atoms with Gasteiger partial charge in [0.1, 0.15) is 23.7 Å². The first kappa shape index (κ1) is 31.7. The Kier molecular flexibility index (Phi) is 8.60. The van der Waals surface area contributed by atoms with Crippen LogP contribution in [-0.4, -0.2) is 76.7 Å². The number of cyclic esters (lactones) is 1. The van der Waals surface area contributed by atoms with E-state index in [1.807, 2.05) is 74.5 Å². The fourth-order valence-corrected chi connectivity index (χ4v) is 7.61. The number of allylic oxidation sites excluding steroid dienone is 1. The lowest BCUT2D eigenvalue weighted by Crippen LogP contribution is -2.58. The van der Waals surface area contributed by atoms with E-state index in [1.165, 1.54) is 4.90 Å². The molecule has 3 amide bonds. The molecular weight excluding hydrogens is 586 g/mol. The number of esters is 1. The summed E-state index contributed by atoms with van der Waals surface area (Å²) in [4.78, 5) is 59.6. The van der Waals surface area contributed by atoms with Gasteiger partial charge >= 0.3 is 5.97 Å². The number of aliphatic hydroxyl groups excluding tert-OH is 1. The van der Waals surface area contributed by atoms with E-state index in [-0.39, 0.29) is 31.4 Å². The van der Waals surface area contributed by atoms with Crippen molar-refractivity contribution in [3.8, 4) is 0 Å². The van der Waals surface area contributed by atoms with Gasteiger partial charge in [0, 0.05) is 18.7 Å². The molecule has 0 aliphatic carbocycles. The van der Waals surface area contributed by atoms with Crippen LogP contribution in [0.15, 0.2) is 72.8 Å². The second kappa shape index (κ2) is 12.5. The lowest BCUT2D eigenvalue weighted by molar-refractivity contribution is -0.161. The van der Waals surface area contributed by atoms with Crippen molar-refractivity contribution in [2.75, 3.05) is 18.1 Å². The number of hydrogen-bond donors (Lipinski definition) is 2. The molecule has 2 fully saturated rings. The summed E-state index contributed by atoms with van der Waals surface area (Å²) in [6.45, 7) is 7.13. The first-order valence-electron chi connectivity index (χ1n) is 16.0. The summed E-state index contributed by atoms with van der Waals surface area (Å²) in [5.74, 6) is -3.73. The number of carbonyl (C=O) groups excluding carboxylic acids is 4. The minimum Gasteiger partial charge on any atom is -0.455 e. The van der Waals surface area contributed by atoms with Crippen LogP contribution in [0.4, 0.5) is 5.69 Å². The van der Waals surface area contributed by atoms with E-state index in [4.69, 9.17) is 9.47 Å². The van der Waals surface area contributed by atoms with Gasteiger partial charge in [-0.3, -0.25) is 19.2 Å². The largest absolute Gasteiger partial charge is 0.455 e. The second-order valence-corrected chi connectivity index (χ2v) is 12.8. The molecule has 0 unspecified atom stereocenters. The van der Waals surface area contributed by atoms with E-state index in [9.17, 15) is 24.3 Å². The molecular formula is C36H41N3O7. The van der Waals surface area contributed by atoms with E-state index < -0.39 is 59.6 Å². The number of likely N-dealkylation sites (tertiary alicyclic amines) is 1.